The molecule has 25 heavy (non-hydrogen) atoms. The van der Waals surface area contributed by atoms with Gasteiger partial charge in [-0.3, -0.25) is 0 Å². The third-order valence-corrected chi connectivity index (χ3v) is 7.32. The average molecular weight is 348 g/mol. The third-order valence-electron chi connectivity index (χ3n) is 6.17. The summed E-state index contributed by atoms with van der Waals surface area (Å²) < 4.78 is 0. The summed E-state index contributed by atoms with van der Waals surface area (Å²) in [7, 11) is 0. The Hall–Kier alpha value is -1.67. The fourth-order valence-corrected chi connectivity index (χ4v) is 6.23. The standard InChI is InChI=1S/C23H25NS/c1-14-11-12-17-19(13-14)25-23-21(17)20(16-8-4-3-5-9-16)18-10-6-7-15(2)22(18)24-23/h3-5,8-9,14-15H,6-7,10-13H2,1-2H3/t14-,15+/m0/s1. The molecule has 0 unspecified atom stereocenters. The molecule has 1 nitrogen and oxygen atoms in total. The van der Waals surface area contributed by atoms with Crippen LogP contribution in [0.5, 0.6) is 0 Å². The lowest BCUT2D eigenvalue weighted by molar-refractivity contribution is 0.509. The Bertz CT molecular complexity index is 938. The first-order chi connectivity index (χ1) is 12.2. The molecule has 2 atom stereocenters. The Kier molecular flexibility index (Phi) is 3.71. The molecule has 3 aromatic rings. The zero-order chi connectivity index (χ0) is 17.0. The largest absolute Gasteiger partial charge is 0.241 e. The number of aromatic nitrogens is 1. The van der Waals surface area contributed by atoms with Gasteiger partial charge in [-0.25, -0.2) is 4.98 Å². The van der Waals surface area contributed by atoms with Crippen LogP contribution in [0.3, 0.4) is 0 Å². The van der Waals surface area contributed by atoms with E-state index in [9.17, 15) is 0 Å². The molecular formula is C23H25NS. The van der Waals surface area contributed by atoms with Crippen LogP contribution in [0.25, 0.3) is 21.3 Å². The summed E-state index contributed by atoms with van der Waals surface area (Å²) in [5.74, 6) is 1.41. The number of pyridine rings is 1. The van der Waals surface area contributed by atoms with Gasteiger partial charge >= 0.3 is 0 Å². The molecule has 0 saturated heterocycles. The molecule has 0 bridgehead atoms. The minimum atomic E-state index is 0.591. The minimum absolute atomic E-state index is 0.591. The summed E-state index contributed by atoms with van der Waals surface area (Å²) in [5, 5.41) is 1.49. The highest BCUT2D eigenvalue weighted by Crippen LogP contribution is 2.46. The van der Waals surface area contributed by atoms with E-state index in [-0.39, 0.29) is 0 Å². The van der Waals surface area contributed by atoms with Gasteiger partial charge in [-0.2, -0.15) is 0 Å². The van der Waals surface area contributed by atoms with Gasteiger partial charge in [-0.05, 0) is 72.6 Å². The Morgan fingerprint density at radius 1 is 1.00 bits per heavy atom. The van der Waals surface area contributed by atoms with Crippen LogP contribution in [0.4, 0.5) is 0 Å². The van der Waals surface area contributed by atoms with Crippen molar-refractivity contribution in [2.45, 2.75) is 58.3 Å². The van der Waals surface area contributed by atoms with E-state index >= 15 is 0 Å². The zero-order valence-corrected chi connectivity index (χ0v) is 16.0. The molecule has 1 aromatic carbocycles. The first-order valence-corrected chi connectivity index (χ1v) is 10.6. The second-order valence-corrected chi connectivity index (χ2v) is 9.13. The van der Waals surface area contributed by atoms with E-state index in [4.69, 9.17) is 4.98 Å². The summed E-state index contributed by atoms with van der Waals surface area (Å²) in [4.78, 5) is 8.13. The van der Waals surface area contributed by atoms with Crippen LogP contribution in [0.1, 0.15) is 60.7 Å². The predicted molar refractivity (Wildman–Crippen MR) is 108 cm³/mol. The first kappa shape index (κ1) is 15.6. The lowest BCUT2D eigenvalue weighted by Crippen LogP contribution is -2.12. The lowest BCUT2D eigenvalue weighted by Gasteiger charge is -2.25. The number of thiophene rings is 1. The maximum absolute atomic E-state index is 5.23. The quantitative estimate of drug-likeness (QED) is 0.488. The van der Waals surface area contributed by atoms with E-state index in [1.165, 1.54) is 71.1 Å². The smallest absolute Gasteiger partial charge is 0.124 e. The van der Waals surface area contributed by atoms with E-state index < -0.39 is 0 Å². The maximum atomic E-state index is 5.23. The highest BCUT2D eigenvalue weighted by Gasteiger charge is 2.28. The van der Waals surface area contributed by atoms with Gasteiger partial charge in [0.05, 0.1) is 0 Å². The number of hydrogen-bond donors (Lipinski definition) is 0. The van der Waals surface area contributed by atoms with Crippen LogP contribution >= 0.6 is 11.3 Å². The molecule has 0 saturated carbocycles. The fourth-order valence-electron chi connectivity index (χ4n) is 4.83. The van der Waals surface area contributed by atoms with Crippen LogP contribution in [0.15, 0.2) is 30.3 Å². The van der Waals surface area contributed by atoms with Crippen molar-refractivity contribution in [1.29, 1.82) is 0 Å². The topological polar surface area (TPSA) is 12.9 Å². The molecule has 2 heterocycles. The Balaban J connectivity index is 1.87. The number of aryl methyl sites for hydroxylation is 1. The number of benzene rings is 1. The minimum Gasteiger partial charge on any atom is -0.241 e. The van der Waals surface area contributed by atoms with Gasteiger partial charge in [0.1, 0.15) is 4.83 Å². The molecule has 5 rings (SSSR count). The van der Waals surface area contributed by atoms with E-state index in [1.807, 2.05) is 11.3 Å². The van der Waals surface area contributed by atoms with Gasteiger partial charge < -0.3 is 0 Å². The molecule has 128 valence electrons. The van der Waals surface area contributed by atoms with E-state index in [2.05, 4.69) is 44.2 Å². The van der Waals surface area contributed by atoms with Crippen molar-refractivity contribution < 1.29 is 0 Å². The molecule has 2 aromatic heterocycles. The van der Waals surface area contributed by atoms with Gasteiger partial charge in [-0.15, -0.1) is 11.3 Å². The highest BCUT2D eigenvalue weighted by atomic mass is 32.1. The highest BCUT2D eigenvalue weighted by molar-refractivity contribution is 7.19. The molecule has 0 aliphatic heterocycles. The molecule has 0 N–H and O–H groups in total. The van der Waals surface area contributed by atoms with Crippen molar-refractivity contribution >= 4 is 21.6 Å². The monoisotopic (exact) mass is 347 g/mol. The number of nitrogens with zero attached hydrogens (tertiary/aromatic N) is 1. The zero-order valence-electron chi connectivity index (χ0n) is 15.1. The molecule has 2 aliphatic rings. The summed E-state index contributed by atoms with van der Waals surface area (Å²) >= 11 is 1.98. The van der Waals surface area contributed by atoms with E-state index in [0.717, 1.165) is 5.92 Å². The second kappa shape index (κ2) is 5.95. The summed E-state index contributed by atoms with van der Waals surface area (Å²) in [6.45, 7) is 4.76. The molecule has 0 amide bonds. The van der Waals surface area contributed by atoms with Gasteiger partial charge in [0.15, 0.2) is 0 Å². The van der Waals surface area contributed by atoms with E-state index in [1.54, 1.807) is 10.4 Å². The van der Waals surface area contributed by atoms with Crippen LogP contribution < -0.4 is 0 Å². The van der Waals surface area contributed by atoms with Crippen molar-refractivity contribution in [2.24, 2.45) is 5.92 Å². The van der Waals surface area contributed by atoms with E-state index in [0.29, 0.717) is 5.92 Å². The second-order valence-electron chi connectivity index (χ2n) is 8.04. The van der Waals surface area contributed by atoms with Crippen molar-refractivity contribution in [3.8, 4) is 11.1 Å². The van der Waals surface area contributed by atoms with Gasteiger partial charge in [-0.1, -0.05) is 44.2 Å². The van der Waals surface area contributed by atoms with Crippen molar-refractivity contribution in [3.63, 3.8) is 0 Å². The third kappa shape index (κ3) is 2.45. The lowest BCUT2D eigenvalue weighted by atomic mass is 9.81. The normalized spacial score (nSPS) is 22.6. The van der Waals surface area contributed by atoms with Crippen LogP contribution in [-0.2, 0) is 19.3 Å². The number of hydrogen-bond acceptors (Lipinski definition) is 2. The molecule has 0 fully saturated rings. The van der Waals surface area contributed by atoms with Gasteiger partial charge in [0.25, 0.3) is 0 Å². The van der Waals surface area contributed by atoms with Crippen molar-refractivity contribution in [3.05, 3.63) is 52.0 Å². The summed E-state index contributed by atoms with van der Waals surface area (Å²) in [6, 6.07) is 11.1. The SMILES string of the molecule is C[C@H]1CCc2c(sc3nc4c(c(-c5ccccc5)c23)CCC[C@H]4C)C1. The summed E-state index contributed by atoms with van der Waals surface area (Å²) in [5.41, 5.74) is 7.44. The van der Waals surface area contributed by atoms with Crippen LogP contribution in [-0.4, -0.2) is 4.98 Å². The average Bonchev–Trinajstić information content (AvgIpc) is 2.98. The van der Waals surface area contributed by atoms with Crippen molar-refractivity contribution in [2.75, 3.05) is 0 Å². The number of rotatable bonds is 1. The first-order valence-electron chi connectivity index (χ1n) is 9.74. The Labute approximate surface area is 154 Å². The van der Waals surface area contributed by atoms with Crippen LogP contribution in [0.2, 0.25) is 0 Å². The van der Waals surface area contributed by atoms with Gasteiger partial charge in [0, 0.05) is 16.0 Å². The number of fused-ring (bicyclic) bond motifs is 4. The predicted octanol–water partition coefficient (Wildman–Crippen LogP) is 6.53. The molecule has 2 heteroatoms. The Morgan fingerprint density at radius 2 is 1.84 bits per heavy atom. The van der Waals surface area contributed by atoms with Crippen molar-refractivity contribution in [1.82, 2.24) is 4.98 Å². The Morgan fingerprint density at radius 3 is 2.68 bits per heavy atom. The van der Waals surface area contributed by atoms with Crippen LogP contribution in [0, 0.1) is 5.92 Å². The molecule has 0 spiro atoms. The molecular weight excluding hydrogens is 322 g/mol. The maximum Gasteiger partial charge on any atom is 0.124 e. The summed E-state index contributed by atoms with van der Waals surface area (Å²) in [6.07, 6.45) is 7.55. The molecule has 2 aliphatic carbocycles. The molecule has 0 radical (unpaired) electrons. The van der Waals surface area contributed by atoms with Gasteiger partial charge in [0.2, 0.25) is 0 Å². The fraction of sp³-hybridized carbons (Fsp3) is 0.435.